The van der Waals surface area contributed by atoms with E-state index in [0.717, 1.165) is 10.0 Å². The molecule has 0 unspecified atom stereocenters. The molecule has 0 saturated carbocycles. The van der Waals surface area contributed by atoms with Gasteiger partial charge in [0.2, 0.25) is 0 Å². The SMILES string of the molecule is O=C(N/N=C/c1ccc(-c2ccccc2Cl)o1)c1cncc(Br)c1. The van der Waals surface area contributed by atoms with Crippen LogP contribution in [-0.4, -0.2) is 17.1 Å². The lowest BCUT2D eigenvalue weighted by molar-refractivity contribution is 0.0954. The zero-order chi connectivity index (χ0) is 16.9. The number of aromatic nitrogens is 1. The molecule has 1 amide bonds. The summed E-state index contributed by atoms with van der Waals surface area (Å²) in [6, 6.07) is 12.6. The van der Waals surface area contributed by atoms with Crippen molar-refractivity contribution in [3.63, 3.8) is 0 Å². The number of nitrogens with one attached hydrogen (secondary N) is 1. The largest absolute Gasteiger partial charge is 0.455 e. The molecule has 0 bridgehead atoms. The van der Waals surface area contributed by atoms with Crippen molar-refractivity contribution in [2.24, 2.45) is 5.10 Å². The Labute approximate surface area is 151 Å². The Kier molecular flexibility index (Phi) is 5.08. The highest BCUT2D eigenvalue weighted by Crippen LogP contribution is 2.28. The van der Waals surface area contributed by atoms with Gasteiger partial charge in [0.05, 0.1) is 16.8 Å². The van der Waals surface area contributed by atoms with Gasteiger partial charge in [0.15, 0.2) is 0 Å². The van der Waals surface area contributed by atoms with Crippen LogP contribution < -0.4 is 5.43 Å². The molecule has 3 aromatic rings. The van der Waals surface area contributed by atoms with Crippen LogP contribution in [0.2, 0.25) is 5.02 Å². The molecule has 0 aliphatic carbocycles. The number of halogens is 2. The molecular formula is C17H11BrClN3O2. The van der Waals surface area contributed by atoms with E-state index in [4.69, 9.17) is 16.0 Å². The molecule has 2 aromatic heterocycles. The van der Waals surface area contributed by atoms with E-state index in [0.29, 0.717) is 22.1 Å². The number of furan rings is 1. The highest BCUT2D eigenvalue weighted by atomic mass is 79.9. The van der Waals surface area contributed by atoms with Gasteiger partial charge >= 0.3 is 0 Å². The van der Waals surface area contributed by atoms with Crippen LogP contribution >= 0.6 is 27.5 Å². The summed E-state index contributed by atoms with van der Waals surface area (Å²) in [5.74, 6) is 0.764. The number of hydrazone groups is 1. The fourth-order valence-electron chi connectivity index (χ4n) is 1.98. The highest BCUT2D eigenvalue weighted by Gasteiger charge is 2.08. The second kappa shape index (κ2) is 7.42. The third-order valence-electron chi connectivity index (χ3n) is 3.09. The first-order chi connectivity index (χ1) is 11.6. The summed E-state index contributed by atoms with van der Waals surface area (Å²) in [4.78, 5) is 15.9. The molecule has 0 fully saturated rings. The Balaban J connectivity index is 1.68. The lowest BCUT2D eigenvalue weighted by Crippen LogP contribution is -2.17. The number of rotatable bonds is 4. The molecule has 0 saturated heterocycles. The first kappa shape index (κ1) is 16.4. The first-order valence-corrected chi connectivity index (χ1v) is 8.09. The molecule has 3 rings (SSSR count). The smallest absolute Gasteiger partial charge is 0.272 e. The number of hydrogen-bond acceptors (Lipinski definition) is 4. The number of hydrogen-bond donors (Lipinski definition) is 1. The Morgan fingerprint density at radius 2 is 2.08 bits per heavy atom. The molecule has 2 heterocycles. The molecule has 0 atom stereocenters. The van der Waals surface area contributed by atoms with Crippen LogP contribution in [0.25, 0.3) is 11.3 Å². The Morgan fingerprint density at radius 1 is 1.25 bits per heavy atom. The minimum Gasteiger partial charge on any atom is -0.455 e. The quantitative estimate of drug-likeness (QED) is 0.513. The number of carbonyl (C=O) groups excluding carboxylic acids is 1. The third kappa shape index (κ3) is 3.90. The average Bonchev–Trinajstić information content (AvgIpc) is 3.04. The van der Waals surface area contributed by atoms with Gasteiger partial charge in [0.1, 0.15) is 11.5 Å². The third-order valence-corrected chi connectivity index (χ3v) is 3.85. The molecule has 1 N–H and O–H groups in total. The fraction of sp³-hybridized carbons (Fsp3) is 0. The maximum absolute atomic E-state index is 11.9. The second-order valence-corrected chi connectivity index (χ2v) is 6.10. The van der Waals surface area contributed by atoms with Crippen molar-refractivity contribution in [1.82, 2.24) is 10.4 Å². The summed E-state index contributed by atoms with van der Waals surface area (Å²) in [5, 5.41) is 4.49. The van der Waals surface area contributed by atoms with E-state index < -0.39 is 0 Å². The van der Waals surface area contributed by atoms with Crippen LogP contribution in [0.15, 0.2) is 68.8 Å². The summed E-state index contributed by atoms with van der Waals surface area (Å²) >= 11 is 9.39. The molecule has 0 aliphatic rings. The van der Waals surface area contributed by atoms with Gasteiger partial charge < -0.3 is 4.42 Å². The number of nitrogens with zero attached hydrogens (tertiary/aromatic N) is 2. The fourth-order valence-corrected chi connectivity index (χ4v) is 2.58. The van der Waals surface area contributed by atoms with Crippen LogP contribution in [-0.2, 0) is 0 Å². The Morgan fingerprint density at radius 3 is 2.88 bits per heavy atom. The summed E-state index contributed by atoms with van der Waals surface area (Å²) in [7, 11) is 0. The first-order valence-electron chi connectivity index (χ1n) is 6.92. The highest BCUT2D eigenvalue weighted by molar-refractivity contribution is 9.10. The maximum Gasteiger partial charge on any atom is 0.272 e. The molecular weight excluding hydrogens is 394 g/mol. The molecule has 7 heteroatoms. The minimum absolute atomic E-state index is 0.363. The van der Waals surface area contributed by atoms with Gasteiger partial charge in [0, 0.05) is 22.4 Å². The Bertz CT molecular complexity index is 908. The van der Waals surface area contributed by atoms with Gasteiger partial charge in [0.25, 0.3) is 5.91 Å². The molecule has 1 aromatic carbocycles. The van der Waals surface area contributed by atoms with E-state index in [9.17, 15) is 4.79 Å². The molecule has 0 radical (unpaired) electrons. The van der Waals surface area contributed by atoms with Crippen molar-refractivity contribution in [2.45, 2.75) is 0 Å². The van der Waals surface area contributed by atoms with Gasteiger partial charge in [-0.3, -0.25) is 9.78 Å². The lowest BCUT2D eigenvalue weighted by atomic mass is 10.2. The number of pyridine rings is 1. The predicted octanol–water partition coefficient (Wildman–Crippen LogP) is 4.52. The van der Waals surface area contributed by atoms with Gasteiger partial charge in [-0.2, -0.15) is 5.10 Å². The predicted molar refractivity (Wildman–Crippen MR) is 96.2 cm³/mol. The summed E-state index contributed by atoms with van der Waals surface area (Å²) in [6.45, 7) is 0. The lowest BCUT2D eigenvalue weighted by Gasteiger charge is -1.99. The van der Waals surface area contributed by atoms with E-state index in [1.165, 1.54) is 12.4 Å². The standard InChI is InChI=1S/C17H11BrClN3O2/c18-12-7-11(8-20-9-12)17(23)22-21-10-13-5-6-16(24-13)14-3-1-2-4-15(14)19/h1-10H,(H,22,23)/b21-10+. The molecule has 24 heavy (non-hydrogen) atoms. The zero-order valence-electron chi connectivity index (χ0n) is 12.2. The van der Waals surface area contributed by atoms with E-state index in [-0.39, 0.29) is 5.91 Å². The van der Waals surface area contributed by atoms with Crippen molar-refractivity contribution < 1.29 is 9.21 Å². The number of carbonyl (C=O) groups is 1. The van der Waals surface area contributed by atoms with Crippen LogP contribution in [0.3, 0.4) is 0 Å². The van der Waals surface area contributed by atoms with Gasteiger partial charge in [-0.25, -0.2) is 5.43 Å². The van der Waals surface area contributed by atoms with Crippen molar-refractivity contribution in [3.8, 4) is 11.3 Å². The van der Waals surface area contributed by atoms with E-state index in [1.54, 1.807) is 30.5 Å². The van der Waals surface area contributed by atoms with Gasteiger partial charge in [-0.15, -0.1) is 0 Å². The average molecular weight is 405 g/mol. The molecule has 5 nitrogen and oxygen atoms in total. The van der Waals surface area contributed by atoms with Crippen molar-refractivity contribution in [1.29, 1.82) is 0 Å². The van der Waals surface area contributed by atoms with Crippen LogP contribution in [0.4, 0.5) is 0 Å². The van der Waals surface area contributed by atoms with Gasteiger partial charge in [-0.05, 0) is 46.3 Å². The molecule has 120 valence electrons. The van der Waals surface area contributed by atoms with Crippen molar-refractivity contribution in [2.75, 3.05) is 0 Å². The molecule has 0 spiro atoms. The second-order valence-electron chi connectivity index (χ2n) is 4.77. The number of amides is 1. The number of benzene rings is 1. The normalized spacial score (nSPS) is 10.9. The van der Waals surface area contributed by atoms with Crippen molar-refractivity contribution >= 4 is 39.7 Å². The topological polar surface area (TPSA) is 67.5 Å². The zero-order valence-corrected chi connectivity index (χ0v) is 14.6. The van der Waals surface area contributed by atoms with E-state index in [2.05, 4.69) is 31.4 Å². The molecule has 0 aliphatic heterocycles. The van der Waals surface area contributed by atoms with Crippen LogP contribution in [0.5, 0.6) is 0 Å². The minimum atomic E-state index is -0.363. The summed E-state index contributed by atoms with van der Waals surface area (Å²) < 4.78 is 6.37. The Hall–Kier alpha value is -2.44. The monoisotopic (exact) mass is 403 g/mol. The van der Waals surface area contributed by atoms with Crippen LogP contribution in [0.1, 0.15) is 16.1 Å². The van der Waals surface area contributed by atoms with E-state index in [1.807, 2.05) is 18.2 Å². The summed E-state index contributed by atoms with van der Waals surface area (Å²) in [6.07, 6.45) is 4.47. The summed E-state index contributed by atoms with van der Waals surface area (Å²) in [5.41, 5.74) is 3.61. The van der Waals surface area contributed by atoms with Gasteiger partial charge in [-0.1, -0.05) is 23.7 Å². The van der Waals surface area contributed by atoms with Crippen LogP contribution in [0, 0.1) is 0 Å². The van der Waals surface area contributed by atoms with Crippen molar-refractivity contribution in [3.05, 3.63) is 75.7 Å². The maximum atomic E-state index is 11.9. The van der Waals surface area contributed by atoms with E-state index >= 15 is 0 Å².